The lowest BCUT2D eigenvalue weighted by molar-refractivity contribution is -0.141. The molecular weight excluding hydrogens is 440 g/mol. The van der Waals surface area contributed by atoms with Crippen molar-refractivity contribution < 1.29 is 29.2 Å². The zero-order chi connectivity index (χ0) is 23.9. The molecule has 2 bridgehead atoms. The topological polar surface area (TPSA) is 112 Å². The molecule has 2 saturated heterocycles. The molecule has 2 aliphatic heterocycles. The average molecular weight is 469 g/mol. The monoisotopic (exact) mass is 468 g/mol. The quantitative estimate of drug-likeness (QED) is 0.410. The Hall–Kier alpha value is -3.63. The molecule has 0 unspecified atom stereocenters. The Morgan fingerprint density at radius 3 is 2.38 bits per heavy atom. The summed E-state index contributed by atoms with van der Waals surface area (Å²) in [5.41, 5.74) is 4.19. The number of carbonyl (C=O) groups excluding carboxylic acids is 2. The minimum absolute atomic E-state index is 0.0134. The number of benzene rings is 2. The van der Waals surface area contributed by atoms with Crippen molar-refractivity contribution in [2.45, 2.75) is 38.1 Å². The van der Waals surface area contributed by atoms with Crippen LogP contribution in [-0.4, -0.2) is 69.8 Å². The van der Waals surface area contributed by atoms with Crippen LogP contribution in [0.2, 0.25) is 0 Å². The lowest BCUT2D eigenvalue weighted by Crippen LogP contribution is -2.50. The van der Waals surface area contributed by atoms with Crippen molar-refractivity contribution in [2.24, 2.45) is 0 Å². The van der Waals surface area contributed by atoms with E-state index in [9.17, 15) is 19.5 Å². The van der Waals surface area contributed by atoms with E-state index in [1.807, 2.05) is 60.7 Å². The summed E-state index contributed by atoms with van der Waals surface area (Å²) < 4.78 is 0. The fourth-order valence-electron chi connectivity index (χ4n) is 4.18. The third-order valence-electron chi connectivity index (χ3n) is 5.96. The van der Waals surface area contributed by atoms with E-state index in [-0.39, 0.29) is 38.4 Å². The van der Waals surface area contributed by atoms with Crippen molar-refractivity contribution in [3.8, 4) is 0 Å². The molecule has 10 nitrogen and oxygen atoms in total. The third-order valence-corrected chi connectivity index (χ3v) is 5.96. The zero-order valence-electron chi connectivity index (χ0n) is 18.7. The third kappa shape index (κ3) is 5.64. The van der Waals surface area contributed by atoms with Gasteiger partial charge in [-0.05, 0) is 24.0 Å². The van der Waals surface area contributed by atoms with Gasteiger partial charge in [0, 0.05) is 13.1 Å². The Morgan fingerprint density at radius 1 is 1.03 bits per heavy atom. The summed E-state index contributed by atoms with van der Waals surface area (Å²) >= 11 is 0. The highest BCUT2D eigenvalue weighted by Crippen LogP contribution is 2.30. The van der Waals surface area contributed by atoms with Crippen LogP contribution in [0.25, 0.3) is 0 Å². The number of nitrogens with zero attached hydrogens (tertiary/aromatic N) is 3. The van der Waals surface area contributed by atoms with Gasteiger partial charge in [0.15, 0.2) is 0 Å². The van der Waals surface area contributed by atoms with E-state index in [0.717, 1.165) is 11.1 Å². The molecule has 2 N–H and O–H groups in total. The maximum absolute atomic E-state index is 12.8. The molecule has 4 amide bonds. The van der Waals surface area contributed by atoms with Gasteiger partial charge in [-0.2, -0.15) is 5.06 Å². The number of rotatable bonds is 10. The Labute approximate surface area is 197 Å². The maximum Gasteiger partial charge on any atom is 0.407 e. The van der Waals surface area contributed by atoms with E-state index in [4.69, 9.17) is 9.68 Å². The molecule has 10 heteroatoms. The van der Waals surface area contributed by atoms with Gasteiger partial charge in [0.05, 0.1) is 19.2 Å². The summed E-state index contributed by atoms with van der Waals surface area (Å²) in [6.07, 6.45) is 0.0563. The molecule has 0 aromatic heterocycles. The molecule has 34 heavy (non-hydrogen) atoms. The molecular formula is C24H28N4O6. The van der Waals surface area contributed by atoms with Gasteiger partial charge in [-0.1, -0.05) is 60.7 Å². The number of amides is 4. The number of hydroxylamine groups is 3. The molecule has 0 spiro atoms. The fraction of sp³-hybridized carbons (Fsp3) is 0.375. The van der Waals surface area contributed by atoms with E-state index in [0.29, 0.717) is 19.4 Å². The van der Waals surface area contributed by atoms with Gasteiger partial charge >= 0.3 is 12.1 Å². The normalized spacial score (nSPS) is 19.2. The summed E-state index contributed by atoms with van der Waals surface area (Å²) in [6.45, 7) is 0.982. The number of hydrogen-bond acceptors (Lipinski definition) is 5. The number of carbonyl (C=O) groups is 3. The molecule has 180 valence electrons. The van der Waals surface area contributed by atoms with Gasteiger partial charge in [-0.3, -0.25) is 14.5 Å². The highest BCUT2D eigenvalue weighted by atomic mass is 16.7. The summed E-state index contributed by atoms with van der Waals surface area (Å²) in [7, 11) is 0. The predicted molar refractivity (Wildman–Crippen MR) is 121 cm³/mol. The Kier molecular flexibility index (Phi) is 7.61. The molecule has 4 rings (SSSR count). The van der Waals surface area contributed by atoms with Crippen LogP contribution in [0.15, 0.2) is 60.7 Å². The van der Waals surface area contributed by atoms with E-state index < -0.39 is 18.0 Å². The molecule has 2 aromatic rings. The van der Waals surface area contributed by atoms with Crippen LogP contribution in [-0.2, 0) is 27.6 Å². The number of fused-ring (bicyclic) bond motifs is 2. The van der Waals surface area contributed by atoms with Crippen LogP contribution >= 0.6 is 0 Å². The fourth-order valence-corrected chi connectivity index (χ4v) is 4.18. The smallest absolute Gasteiger partial charge is 0.407 e. The second-order valence-electron chi connectivity index (χ2n) is 8.27. The van der Waals surface area contributed by atoms with Crippen LogP contribution < -0.4 is 5.48 Å². The Balaban J connectivity index is 1.23. The van der Waals surface area contributed by atoms with E-state index >= 15 is 0 Å². The molecule has 0 radical (unpaired) electrons. The first kappa shape index (κ1) is 23.5. The standard InChI is InChI=1S/C24H28N4O6/c29-22(25-33-14-13-26(24(31)32)15-18-7-3-1-4-8-18)21-12-11-20-16-27(21)23(30)28(20)34-17-19-9-5-2-6-10-19/h1-10,20-21H,11-17H2,(H,25,29)(H,31,32)/t20-,21+/m1/s1. The van der Waals surface area contributed by atoms with E-state index in [2.05, 4.69) is 5.48 Å². The first-order valence-electron chi connectivity index (χ1n) is 11.2. The maximum atomic E-state index is 12.8. The van der Waals surface area contributed by atoms with Gasteiger partial charge in [0.25, 0.3) is 5.91 Å². The van der Waals surface area contributed by atoms with Crippen LogP contribution in [0.5, 0.6) is 0 Å². The number of urea groups is 1. The van der Waals surface area contributed by atoms with Crippen molar-refractivity contribution in [2.75, 3.05) is 19.7 Å². The van der Waals surface area contributed by atoms with E-state index in [1.54, 1.807) is 0 Å². The molecule has 0 aliphatic carbocycles. The lowest BCUT2D eigenvalue weighted by Gasteiger charge is -2.29. The molecule has 2 atom stereocenters. The van der Waals surface area contributed by atoms with Crippen LogP contribution in [0, 0.1) is 0 Å². The lowest BCUT2D eigenvalue weighted by atomic mass is 10.0. The number of nitrogens with one attached hydrogen (secondary N) is 1. The van der Waals surface area contributed by atoms with Crippen molar-refractivity contribution in [1.29, 1.82) is 0 Å². The second kappa shape index (κ2) is 11.0. The SMILES string of the molecule is O=C(NOCCN(Cc1ccccc1)C(=O)O)[C@@H]1CC[C@@H]2CN1C(=O)N2OCc1ccccc1. The number of carboxylic acid groups (broad SMARTS) is 1. The molecule has 2 heterocycles. The Morgan fingerprint density at radius 2 is 1.71 bits per heavy atom. The van der Waals surface area contributed by atoms with Gasteiger partial charge in [-0.15, -0.1) is 0 Å². The van der Waals surface area contributed by atoms with Crippen molar-refractivity contribution >= 4 is 18.0 Å². The van der Waals surface area contributed by atoms with Crippen LogP contribution in [0.4, 0.5) is 9.59 Å². The molecule has 2 aliphatic rings. The average Bonchev–Trinajstić information content (AvgIpc) is 3.09. The van der Waals surface area contributed by atoms with Crippen molar-refractivity contribution in [3.63, 3.8) is 0 Å². The summed E-state index contributed by atoms with van der Waals surface area (Å²) in [6, 6.07) is 17.7. The van der Waals surface area contributed by atoms with Crippen LogP contribution in [0.1, 0.15) is 24.0 Å². The second-order valence-corrected chi connectivity index (χ2v) is 8.27. The predicted octanol–water partition coefficient (Wildman–Crippen LogP) is 2.61. The molecule has 2 fully saturated rings. The summed E-state index contributed by atoms with van der Waals surface area (Å²) in [5, 5.41) is 10.8. The largest absolute Gasteiger partial charge is 0.465 e. The van der Waals surface area contributed by atoms with Crippen molar-refractivity contribution in [3.05, 3.63) is 71.8 Å². The molecule has 0 saturated carbocycles. The van der Waals surface area contributed by atoms with Crippen LogP contribution in [0.3, 0.4) is 0 Å². The van der Waals surface area contributed by atoms with E-state index in [1.165, 1.54) is 14.9 Å². The highest BCUT2D eigenvalue weighted by Gasteiger charge is 2.48. The van der Waals surface area contributed by atoms with Gasteiger partial charge < -0.3 is 14.9 Å². The van der Waals surface area contributed by atoms with Gasteiger partial charge in [0.2, 0.25) is 0 Å². The van der Waals surface area contributed by atoms with Gasteiger partial charge in [-0.25, -0.2) is 15.1 Å². The first-order valence-corrected chi connectivity index (χ1v) is 11.2. The zero-order valence-corrected chi connectivity index (χ0v) is 18.7. The highest BCUT2D eigenvalue weighted by molar-refractivity contribution is 5.88. The number of hydrogen-bond donors (Lipinski definition) is 2. The van der Waals surface area contributed by atoms with Crippen molar-refractivity contribution in [1.82, 2.24) is 20.3 Å². The Bertz CT molecular complexity index is 989. The minimum atomic E-state index is -1.07. The minimum Gasteiger partial charge on any atom is -0.465 e. The van der Waals surface area contributed by atoms with Gasteiger partial charge in [0.1, 0.15) is 12.6 Å². The number of piperidine rings is 1. The first-order chi connectivity index (χ1) is 16.5. The molecule has 2 aromatic carbocycles. The summed E-state index contributed by atoms with van der Waals surface area (Å²) in [5.74, 6) is -0.429. The summed E-state index contributed by atoms with van der Waals surface area (Å²) in [4.78, 5) is 50.7.